The third-order valence-corrected chi connectivity index (χ3v) is 4.50. The second kappa shape index (κ2) is 12.4. The highest BCUT2D eigenvalue weighted by molar-refractivity contribution is 5.42. The highest BCUT2D eigenvalue weighted by Crippen LogP contribution is 2.28. The molecule has 3 nitrogen and oxygen atoms in total. The zero-order valence-electron chi connectivity index (χ0n) is 16.3. The Labute approximate surface area is 158 Å². The summed E-state index contributed by atoms with van der Waals surface area (Å²) in [5, 5.41) is 3.50. The fourth-order valence-electron chi connectivity index (χ4n) is 2.94. The van der Waals surface area contributed by atoms with Gasteiger partial charge in [0.1, 0.15) is 0 Å². The van der Waals surface area contributed by atoms with Crippen LogP contribution in [0, 0.1) is 0 Å². The number of hydrogen-bond acceptors (Lipinski definition) is 3. The van der Waals surface area contributed by atoms with E-state index in [9.17, 15) is 0 Å². The molecular weight excluding hydrogens is 322 g/mol. The third kappa shape index (κ3) is 7.49. The maximum absolute atomic E-state index is 5.90. The van der Waals surface area contributed by atoms with Gasteiger partial charge in [-0.3, -0.25) is 0 Å². The van der Waals surface area contributed by atoms with Gasteiger partial charge in [0.2, 0.25) is 0 Å². The summed E-state index contributed by atoms with van der Waals surface area (Å²) in [6.45, 7) is 4.79. The quantitative estimate of drug-likeness (QED) is 0.490. The molecule has 0 aliphatic heterocycles. The molecule has 0 atom stereocenters. The van der Waals surface area contributed by atoms with E-state index in [-0.39, 0.29) is 0 Å². The lowest BCUT2D eigenvalue weighted by Crippen LogP contribution is -2.16. The van der Waals surface area contributed by atoms with Crippen LogP contribution in [0.3, 0.4) is 0 Å². The Morgan fingerprint density at radius 2 is 1.65 bits per heavy atom. The topological polar surface area (TPSA) is 30.5 Å². The molecule has 0 heterocycles. The van der Waals surface area contributed by atoms with E-state index in [4.69, 9.17) is 9.47 Å². The van der Waals surface area contributed by atoms with E-state index in [1.54, 1.807) is 7.11 Å². The molecule has 0 fully saturated rings. The van der Waals surface area contributed by atoms with Crippen molar-refractivity contribution in [3.05, 3.63) is 59.7 Å². The summed E-state index contributed by atoms with van der Waals surface area (Å²) in [6.07, 6.45) is 7.26. The van der Waals surface area contributed by atoms with Crippen molar-refractivity contribution in [3.63, 3.8) is 0 Å². The molecule has 2 aromatic rings. The summed E-state index contributed by atoms with van der Waals surface area (Å²) in [6, 6.07) is 16.8. The molecule has 0 saturated heterocycles. The number of hydrogen-bond donors (Lipinski definition) is 1. The summed E-state index contributed by atoms with van der Waals surface area (Å²) >= 11 is 0. The molecule has 0 aromatic heterocycles. The second-order valence-corrected chi connectivity index (χ2v) is 6.66. The number of methoxy groups -OCH3 is 1. The molecule has 2 rings (SSSR count). The van der Waals surface area contributed by atoms with Crippen LogP contribution < -0.4 is 14.8 Å². The van der Waals surface area contributed by atoms with E-state index in [1.807, 2.05) is 6.07 Å². The highest BCUT2D eigenvalue weighted by atomic mass is 16.5. The van der Waals surface area contributed by atoms with Crippen LogP contribution in [0.15, 0.2) is 48.5 Å². The predicted octanol–water partition coefficient (Wildman–Crippen LogP) is 5.38. The molecule has 1 N–H and O–H groups in total. The van der Waals surface area contributed by atoms with Gasteiger partial charge in [-0.1, -0.05) is 69.0 Å². The number of rotatable bonds is 13. The number of ether oxygens (including phenoxy) is 2. The Morgan fingerprint density at radius 1 is 0.846 bits per heavy atom. The normalized spacial score (nSPS) is 10.7. The molecular formula is C23H33NO2. The summed E-state index contributed by atoms with van der Waals surface area (Å²) in [5.41, 5.74) is 2.57. The van der Waals surface area contributed by atoms with E-state index in [1.165, 1.54) is 36.8 Å². The first-order valence-electron chi connectivity index (χ1n) is 9.88. The van der Waals surface area contributed by atoms with Crippen LogP contribution in [0.5, 0.6) is 11.5 Å². The molecule has 142 valence electrons. The lowest BCUT2D eigenvalue weighted by atomic mass is 10.1. The second-order valence-electron chi connectivity index (χ2n) is 6.66. The Morgan fingerprint density at radius 3 is 2.42 bits per heavy atom. The van der Waals surface area contributed by atoms with E-state index in [0.717, 1.165) is 44.0 Å². The minimum absolute atomic E-state index is 0.759. The van der Waals surface area contributed by atoms with Gasteiger partial charge in [-0.15, -0.1) is 0 Å². The fourth-order valence-corrected chi connectivity index (χ4v) is 2.94. The average molecular weight is 356 g/mol. The molecule has 0 spiro atoms. The average Bonchev–Trinajstić information content (AvgIpc) is 2.69. The fraction of sp³-hybridized carbons (Fsp3) is 0.478. The number of nitrogens with one attached hydrogen (secondary N) is 1. The lowest BCUT2D eigenvalue weighted by Gasteiger charge is -2.13. The first-order chi connectivity index (χ1) is 12.8. The Hall–Kier alpha value is -2.00. The summed E-state index contributed by atoms with van der Waals surface area (Å²) in [4.78, 5) is 0. The van der Waals surface area contributed by atoms with Crippen LogP contribution in [0.2, 0.25) is 0 Å². The van der Waals surface area contributed by atoms with Crippen molar-refractivity contribution in [2.45, 2.75) is 52.0 Å². The minimum atomic E-state index is 0.759. The van der Waals surface area contributed by atoms with Gasteiger partial charge in [0.25, 0.3) is 0 Å². The zero-order valence-corrected chi connectivity index (χ0v) is 16.3. The van der Waals surface area contributed by atoms with Crippen LogP contribution in [0.1, 0.15) is 50.2 Å². The van der Waals surface area contributed by atoms with E-state index < -0.39 is 0 Å². The van der Waals surface area contributed by atoms with Crippen LogP contribution in [-0.4, -0.2) is 20.3 Å². The molecule has 3 heteroatoms. The van der Waals surface area contributed by atoms with Crippen molar-refractivity contribution < 1.29 is 9.47 Å². The zero-order chi connectivity index (χ0) is 18.5. The SMILES string of the molecule is CCCCCCCOc1ccc(CNCCc2ccccc2)cc1OC. The van der Waals surface area contributed by atoms with Crippen LogP contribution >= 0.6 is 0 Å². The summed E-state index contributed by atoms with van der Waals surface area (Å²) in [7, 11) is 1.70. The van der Waals surface area contributed by atoms with Gasteiger partial charge in [-0.25, -0.2) is 0 Å². The standard InChI is InChI=1S/C23H33NO2/c1-3-4-5-6-10-17-26-22-14-13-21(18-23(22)25-2)19-24-16-15-20-11-8-7-9-12-20/h7-9,11-14,18,24H,3-6,10,15-17,19H2,1-2H3. The molecule has 0 amide bonds. The Balaban J connectivity index is 1.72. The van der Waals surface area contributed by atoms with E-state index in [2.05, 4.69) is 54.7 Å². The van der Waals surface area contributed by atoms with Gasteiger partial charge < -0.3 is 14.8 Å². The van der Waals surface area contributed by atoms with Crippen molar-refractivity contribution in [2.75, 3.05) is 20.3 Å². The molecule has 0 unspecified atom stereocenters. The molecule has 26 heavy (non-hydrogen) atoms. The maximum atomic E-state index is 5.90. The first kappa shape index (κ1) is 20.3. The molecule has 0 bridgehead atoms. The van der Waals surface area contributed by atoms with Crippen LogP contribution in [0.25, 0.3) is 0 Å². The van der Waals surface area contributed by atoms with Gasteiger partial charge in [-0.2, -0.15) is 0 Å². The van der Waals surface area contributed by atoms with Gasteiger partial charge in [0, 0.05) is 6.54 Å². The monoisotopic (exact) mass is 355 g/mol. The largest absolute Gasteiger partial charge is 0.493 e. The Bertz CT molecular complexity index is 613. The van der Waals surface area contributed by atoms with Crippen molar-refractivity contribution in [1.82, 2.24) is 5.32 Å². The van der Waals surface area contributed by atoms with Crippen LogP contribution in [0.4, 0.5) is 0 Å². The van der Waals surface area contributed by atoms with Crippen LogP contribution in [-0.2, 0) is 13.0 Å². The molecule has 0 saturated carbocycles. The first-order valence-corrected chi connectivity index (χ1v) is 9.88. The smallest absolute Gasteiger partial charge is 0.161 e. The summed E-state index contributed by atoms with van der Waals surface area (Å²) in [5.74, 6) is 1.66. The highest BCUT2D eigenvalue weighted by Gasteiger charge is 2.06. The number of unbranched alkanes of at least 4 members (excludes halogenated alkanes) is 4. The molecule has 0 aliphatic carbocycles. The molecule has 0 aliphatic rings. The predicted molar refractivity (Wildman–Crippen MR) is 109 cm³/mol. The maximum Gasteiger partial charge on any atom is 0.161 e. The molecule has 0 radical (unpaired) electrons. The van der Waals surface area contributed by atoms with Crippen molar-refractivity contribution in [3.8, 4) is 11.5 Å². The minimum Gasteiger partial charge on any atom is -0.493 e. The van der Waals surface area contributed by atoms with Gasteiger partial charge >= 0.3 is 0 Å². The third-order valence-electron chi connectivity index (χ3n) is 4.50. The summed E-state index contributed by atoms with van der Waals surface area (Å²) < 4.78 is 11.4. The lowest BCUT2D eigenvalue weighted by molar-refractivity contribution is 0.284. The van der Waals surface area contributed by atoms with E-state index >= 15 is 0 Å². The van der Waals surface area contributed by atoms with Crippen molar-refractivity contribution in [2.24, 2.45) is 0 Å². The van der Waals surface area contributed by atoms with Gasteiger partial charge in [0.15, 0.2) is 11.5 Å². The van der Waals surface area contributed by atoms with Gasteiger partial charge in [0.05, 0.1) is 13.7 Å². The van der Waals surface area contributed by atoms with Crippen molar-refractivity contribution in [1.29, 1.82) is 0 Å². The number of benzene rings is 2. The van der Waals surface area contributed by atoms with E-state index in [0.29, 0.717) is 0 Å². The van der Waals surface area contributed by atoms with Crippen molar-refractivity contribution >= 4 is 0 Å². The Kier molecular flexibility index (Phi) is 9.66. The molecule has 2 aromatic carbocycles. The van der Waals surface area contributed by atoms with Gasteiger partial charge in [-0.05, 0) is 42.6 Å².